The van der Waals surface area contributed by atoms with Crippen molar-refractivity contribution in [3.8, 4) is 0 Å². The van der Waals surface area contributed by atoms with Gasteiger partial charge in [-0.2, -0.15) is 13.2 Å². The Morgan fingerprint density at radius 1 is 1.38 bits per heavy atom. The van der Waals surface area contributed by atoms with Crippen molar-refractivity contribution in [2.24, 2.45) is 10.9 Å². The molecule has 4 nitrogen and oxygen atoms in total. The zero-order valence-corrected chi connectivity index (χ0v) is 14.3. The van der Waals surface area contributed by atoms with E-state index in [2.05, 4.69) is 15.6 Å². The number of alkyl halides is 3. The van der Waals surface area contributed by atoms with Crippen molar-refractivity contribution in [3.05, 3.63) is 52.7 Å². The van der Waals surface area contributed by atoms with E-state index in [1.54, 1.807) is 19.2 Å². The zero-order chi connectivity index (χ0) is 18.7. The molecule has 2 atom stereocenters. The van der Waals surface area contributed by atoms with E-state index in [1.807, 2.05) is 6.08 Å². The summed E-state index contributed by atoms with van der Waals surface area (Å²) in [6.45, 7) is 3.48. The van der Waals surface area contributed by atoms with Gasteiger partial charge in [0.15, 0.2) is 0 Å². The Hall–Kier alpha value is -2.41. The molecule has 7 heteroatoms. The third kappa shape index (κ3) is 4.60. The summed E-state index contributed by atoms with van der Waals surface area (Å²) in [5, 5.41) is 6.14. The molecular formula is C19H20F3N3O. The van der Waals surface area contributed by atoms with Gasteiger partial charge in [0.05, 0.1) is 11.7 Å². The van der Waals surface area contributed by atoms with Crippen LogP contribution in [0.4, 0.5) is 13.2 Å². The number of halogens is 3. The maximum atomic E-state index is 12.5. The molecule has 2 unspecified atom stereocenters. The molecule has 0 saturated carbocycles. The number of carbonyl (C=O) groups is 1. The Morgan fingerprint density at radius 3 is 2.92 bits per heavy atom. The molecule has 138 valence electrons. The lowest BCUT2D eigenvalue weighted by atomic mass is 9.91. The maximum absolute atomic E-state index is 12.5. The van der Waals surface area contributed by atoms with Gasteiger partial charge in [-0.1, -0.05) is 24.3 Å². The Bertz CT molecular complexity index is 781. The van der Waals surface area contributed by atoms with Gasteiger partial charge in [-0.15, -0.1) is 0 Å². The predicted molar refractivity (Wildman–Crippen MR) is 95.1 cm³/mol. The van der Waals surface area contributed by atoms with Gasteiger partial charge in [0.25, 0.3) is 5.91 Å². The summed E-state index contributed by atoms with van der Waals surface area (Å²) >= 11 is 0. The first-order valence-corrected chi connectivity index (χ1v) is 8.45. The number of hydrogen-bond acceptors (Lipinski definition) is 3. The van der Waals surface area contributed by atoms with Gasteiger partial charge in [0.1, 0.15) is 0 Å². The largest absolute Gasteiger partial charge is 0.409 e. The normalized spacial score (nSPS) is 22.8. The van der Waals surface area contributed by atoms with Gasteiger partial charge in [0.2, 0.25) is 0 Å². The van der Waals surface area contributed by atoms with Gasteiger partial charge < -0.3 is 10.6 Å². The molecule has 0 aromatic heterocycles. The molecule has 26 heavy (non-hydrogen) atoms. The van der Waals surface area contributed by atoms with Crippen molar-refractivity contribution < 1.29 is 18.0 Å². The van der Waals surface area contributed by atoms with Crippen LogP contribution in [0.25, 0.3) is 6.08 Å². The number of aliphatic imine (C=N–C) groups is 1. The molecule has 3 rings (SSSR count). The number of allylic oxidation sites excluding steroid dienone is 2. The molecule has 1 amide bonds. The Morgan fingerprint density at radius 2 is 2.19 bits per heavy atom. The number of aryl methyl sites for hydroxylation is 1. The number of nitrogens with zero attached hydrogens (tertiary/aromatic N) is 1. The first kappa shape index (κ1) is 18.4. The topological polar surface area (TPSA) is 53.5 Å². The quantitative estimate of drug-likeness (QED) is 0.866. The molecule has 0 aliphatic carbocycles. The van der Waals surface area contributed by atoms with Crippen LogP contribution in [0.2, 0.25) is 0 Å². The number of piperidine rings is 1. The van der Waals surface area contributed by atoms with Gasteiger partial charge in [-0.05, 0) is 37.1 Å². The van der Waals surface area contributed by atoms with E-state index in [-0.39, 0.29) is 23.9 Å². The molecule has 0 spiro atoms. The number of carbonyl (C=O) groups excluding carboxylic acids is 1. The molecule has 2 aliphatic heterocycles. The van der Waals surface area contributed by atoms with Crippen molar-refractivity contribution in [2.45, 2.75) is 25.6 Å². The summed E-state index contributed by atoms with van der Waals surface area (Å²) in [7, 11) is 0. The molecule has 2 aliphatic rings. The average Bonchev–Trinajstić information content (AvgIpc) is 2.59. The molecule has 2 N–H and O–H groups in total. The molecule has 0 radical (unpaired) electrons. The van der Waals surface area contributed by atoms with Crippen LogP contribution >= 0.6 is 0 Å². The highest BCUT2D eigenvalue weighted by molar-refractivity contribution is 6.00. The van der Waals surface area contributed by atoms with Crippen LogP contribution < -0.4 is 10.6 Å². The highest BCUT2D eigenvalue weighted by atomic mass is 19.4. The lowest BCUT2D eigenvalue weighted by molar-refractivity contribution is -0.0790. The van der Waals surface area contributed by atoms with E-state index < -0.39 is 6.18 Å². The van der Waals surface area contributed by atoms with Gasteiger partial charge in [0, 0.05) is 30.3 Å². The van der Waals surface area contributed by atoms with Crippen LogP contribution in [0, 0.1) is 12.8 Å². The van der Waals surface area contributed by atoms with Crippen molar-refractivity contribution in [2.75, 3.05) is 13.1 Å². The summed E-state index contributed by atoms with van der Waals surface area (Å²) in [5.74, 6) is -0.0335. The van der Waals surface area contributed by atoms with Crippen LogP contribution in [0.15, 0.2) is 41.0 Å². The molecule has 1 aromatic carbocycles. The van der Waals surface area contributed by atoms with E-state index in [4.69, 9.17) is 0 Å². The number of hydrogen-bond donors (Lipinski definition) is 2. The van der Waals surface area contributed by atoms with Crippen LogP contribution in [-0.4, -0.2) is 37.4 Å². The SMILES string of the molecule is Cc1cc(/C=C/C(F)(F)F)ccc1C(=O)NC1=CC2CNCCC2N=C1. The first-order chi connectivity index (χ1) is 12.3. The second kappa shape index (κ2) is 7.45. The number of dihydropyridines is 1. The molecule has 1 aromatic rings. The van der Waals surface area contributed by atoms with E-state index in [1.165, 1.54) is 12.1 Å². The molecule has 0 bridgehead atoms. The summed E-state index contributed by atoms with van der Waals surface area (Å²) in [6.07, 6.45) is 1.48. The second-order valence-corrected chi connectivity index (χ2v) is 6.53. The fourth-order valence-electron chi connectivity index (χ4n) is 3.18. The fraction of sp³-hybridized carbons (Fsp3) is 0.368. The number of benzene rings is 1. The van der Waals surface area contributed by atoms with Crippen LogP contribution in [0.5, 0.6) is 0 Å². The molecule has 1 fully saturated rings. The smallest absolute Gasteiger partial charge is 0.321 e. The minimum atomic E-state index is -4.36. The lowest BCUT2D eigenvalue weighted by Crippen LogP contribution is -2.41. The lowest BCUT2D eigenvalue weighted by Gasteiger charge is -2.30. The summed E-state index contributed by atoms with van der Waals surface area (Å²) < 4.78 is 36.8. The number of nitrogens with one attached hydrogen (secondary N) is 2. The van der Waals surface area contributed by atoms with Crippen molar-refractivity contribution in [3.63, 3.8) is 0 Å². The molecule has 1 saturated heterocycles. The van der Waals surface area contributed by atoms with E-state index in [0.29, 0.717) is 22.4 Å². The Labute approximate surface area is 149 Å². The second-order valence-electron chi connectivity index (χ2n) is 6.53. The van der Waals surface area contributed by atoms with Gasteiger partial charge in [-0.3, -0.25) is 9.79 Å². The summed E-state index contributed by atoms with van der Waals surface area (Å²) in [4.78, 5) is 17.0. The number of fused-ring (bicyclic) bond motifs is 1. The Balaban J connectivity index is 1.69. The van der Waals surface area contributed by atoms with Crippen molar-refractivity contribution >= 4 is 18.2 Å². The number of rotatable bonds is 3. The Kier molecular flexibility index (Phi) is 5.27. The van der Waals surface area contributed by atoms with Crippen LogP contribution in [-0.2, 0) is 0 Å². The summed E-state index contributed by atoms with van der Waals surface area (Å²) in [5.41, 5.74) is 2.08. The maximum Gasteiger partial charge on any atom is 0.409 e. The van der Waals surface area contributed by atoms with Crippen molar-refractivity contribution in [1.29, 1.82) is 0 Å². The third-order valence-corrected chi connectivity index (χ3v) is 4.51. The highest BCUT2D eigenvalue weighted by Gasteiger charge is 2.26. The zero-order valence-electron chi connectivity index (χ0n) is 14.3. The van der Waals surface area contributed by atoms with Crippen molar-refractivity contribution in [1.82, 2.24) is 10.6 Å². The fourth-order valence-corrected chi connectivity index (χ4v) is 3.18. The highest BCUT2D eigenvalue weighted by Crippen LogP contribution is 2.22. The van der Waals surface area contributed by atoms with Crippen LogP contribution in [0.3, 0.4) is 0 Å². The first-order valence-electron chi connectivity index (χ1n) is 8.45. The van der Waals surface area contributed by atoms with Gasteiger partial charge in [-0.25, -0.2) is 0 Å². The minimum Gasteiger partial charge on any atom is -0.321 e. The third-order valence-electron chi connectivity index (χ3n) is 4.51. The minimum absolute atomic E-state index is 0.180. The summed E-state index contributed by atoms with van der Waals surface area (Å²) in [6, 6.07) is 4.85. The standard InChI is InChI=1S/C19H20F3N3O/c1-12-8-13(4-6-19(20,21)22)2-3-16(12)18(26)25-15-9-14-10-23-7-5-17(14)24-11-15/h2-4,6,8-9,11,14,17,23H,5,7,10H2,1H3,(H,25,26)/b6-4+. The number of amides is 1. The van der Waals surface area contributed by atoms with E-state index in [9.17, 15) is 18.0 Å². The van der Waals surface area contributed by atoms with E-state index in [0.717, 1.165) is 25.6 Å². The average molecular weight is 363 g/mol. The predicted octanol–water partition coefficient (Wildman–Crippen LogP) is 3.25. The van der Waals surface area contributed by atoms with Gasteiger partial charge >= 0.3 is 6.18 Å². The monoisotopic (exact) mass is 363 g/mol. The molecule has 2 heterocycles. The van der Waals surface area contributed by atoms with E-state index >= 15 is 0 Å². The van der Waals surface area contributed by atoms with Crippen LogP contribution in [0.1, 0.15) is 27.9 Å². The molecular weight excluding hydrogens is 343 g/mol.